The molecule has 13 heavy (non-hydrogen) atoms. The van der Waals surface area contributed by atoms with Crippen LogP contribution in [-0.2, 0) is 11.2 Å². The van der Waals surface area contributed by atoms with Gasteiger partial charge in [-0.25, -0.2) is 0 Å². The van der Waals surface area contributed by atoms with E-state index in [4.69, 9.17) is 4.74 Å². The predicted octanol–water partition coefficient (Wildman–Crippen LogP) is 1.68. The van der Waals surface area contributed by atoms with Crippen molar-refractivity contribution in [1.29, 1.82) is 0 Å². The fourth-order valence-electron chi connectivity index (χ4n) is 1.95. The summed E-state index contributed by atoms with van der Waals surface area (Å²) in [5.74, 6) is 0. The first-order chi connectivity index (χ1) is 6.33. The van der Waals surface area contributed by atoms with E-state index in [1.165, 1.54) is 5.56 Å². The number of benzene rings is 1. The zero-order valence-electron chi connectivity index (χ0n) is 7.73. The molecule has 0 saturated carbocycles. The van der Waals surface area contributed by atoms with Crippen molar-refractivity contribution in [3.8, 4) is 0 Å². The van der Waals surface area contributed by atoms with Gasteiger partial charge in [-0.3, -0.25) is 0 Å². The van der Waals surface area contributed by atoms with Crippen molar-refractivity contribution in [3.05, 3.63) is 35.4 Å². The molecule has 1 aliphatic carbocycles. The lowest BCUT2D eigenvalue weighted by Crippen LogP contribution is -2.26. The Morgan fingerprint density at radius 1 is 1.38 bits per heavy atom. The average Bonchev–Trinajstić information content (AvgIpc) is 2.19. The molecule has 2 heteroatoms. The van der Waals surface area contributed by atoms with Gasteiger partial charge in [-0.1, -0.05) is 24.3 Å². The largest absolute Gasteiger partial charge is 0.386 e. The zero-order valence-corrected chi connectivity index (χ0v) is 7.73. The van der Waals surface area contributed by atoms with Gasteiger partial charge in [-0.05, 0) is 24.0 Å². The van der Waals surface area contributed by atoms with Gasteiger partial charge in [-0.15, -0.1) is 0 Å². The van der Waals surface area contributed by atoms with Crippen molar-refractivity contribution in [3.63, 3.8) is 0 Å². The van der Waals surface area contributed by atoms with E-state index in [1.807, 2.05) is 18.2 Å². The van der Waals surface area contributed by atoms with Crippen LogP contribution in [0.4, 0.5) is 0 Å². The molecule has 0 bridgehead atoms. The second kappa shape index (κ2) is 3.48. The lowest BCUT2D eigenvalue weighted by atomic mass is 9.87. The predicted molar refractivity (Wildman–Crippen MR) is 50.5 cm³/mol. The Morgan fingerprint density at radius 2 is 2.15 bits per heavy atom. The smallest absolute Gasteiger partial charge is 0.105 e. The highest BCUT2D eigenvalue weighted by Crippen LogP contribution is 2.30. The maximum absolute atomic E-state index is 9.90. The molecule has 1 N–H and O–H groups in total. The molecule has 70 valence electrons. The summed E-state index contributed by atoms with van der Waals surface area (Å²) in [6.07, 6.45) is 1.44. The number of methoxy groups -OCH3 is 1. The second-order valence-electron chi connectivity index (χ2n) is 3.46. The third kappa shape index (κ3) is 1.47. The molecule has 0 unspecified atom stereocenters. The van der Waals surface area contributed by atoms with Crippen LogP contribution in [0.25, 0.3) is 0 Å². The Hall–Kier alpha value is -0.860. The molecule has 1 aromatic carbocycles. The van der Waals surface area contributed by atoms with Crippen LogP contribution in [0.2, 0.25) is 0 Å². The lowest BCUT2D eigenvalue weighted by molar-refractivity contribution is -0.0236. The van der Waals surface area contributed by atoms with E-state index >= 15 is 0 Å². The third-order valence-electron chi connectivity index (χ3n) is 2.73. The quantitative estimate of drug-likeness (QED) is 0.709. The minimum absolute atomic E-state index is 0.0325. The Balaban J connectivity index is 2.33. The second-order valence-corrected chi connectivity index (χ2v) is 3.46. The average molecular weight is 178 g/mol. The first-order valence-electron chi connectivity index (χ1n) is 4.61. The van der Waals surface area contributed by atoms with Crippen LogP contribution >= 0.6 is 0 Å². The molecule has 2 atom stereocenters. The molecule has 2 rings (SSSR count). The van der Waals surface area contributed by atoms with E-state index in [1.54, 1.807) is 7.11 Å². The topological polar surface area (TPSA) is 29.5 Å². The molecular weight excluding hydrogens is 164 g/mol. The Labute approximate surface area is 78.2 Å². The van der Waals surface area contributed by atoms with E-state index in [9.17, 15) is 5.11 Å². The van der Waals surface area contributed by atoms with Gasteiger partial charge in [0.1, 0.15) is 6.10 Å². The van der Waals surface area contributed by atoms with Crippen LogP contribution in [0.3, 0.4) is 0 Å². The van der Waals surface area contributed by atoms with Gasteiger partial charge in [0.05, 0.1) is 6.10 Å². The van der Waals surface area contributed by atoms with Gasteiger partial charge >= 0.3 is 0 Å². The minimum atomic E-state index is -0.449. The molecular formula is C11H14O2. The minimum Gasteiger partial charge on any atom is -0.386 e. The fraction of sp³-hybridized carbons (Fsp3) is 0.455. The summed E-state index contributed by atoms with van der Waals surface area (Å²) < 4.78 is 5.21. The summed E-state index contributed by atoms with van der Waals surface area (Å²) in [5.41, 5.74) is 2.28. The molecule has 0 saturated heterocycles. The molecule has 0 heterocycles. The monoisotopic (exact) mass is 178 g/mol. The van der Waals surface area contributed by atoms with E-state index in [2.05, 4.69) is 6.07 Å². The van der Waals surface area contributed by atoms with Crippen molar-refractivity contribution in [2.45, 2.75) is 25.0 Å². The number of aryl methyl sites for hydroxylation is 1. The number of hydrogen-bond acceptors (Lipinski definition) is 2. The molecule has 0 amide bonds. The van der Waals surface area contributed by atoms with Crippen LogP contribution in [0.1, 0.15) is 23.7 Å². The van der Waals surface area contributed by atoms with E-state index in [0.29, 0.717) is 0 Å². The standard InChI is InChI=1S/C11H14O2/c1-13-10-7-6-8-4-2-3-5-9(8)11(10)12/h2-5,10-12H,6-7H2,1H3/t10-,11-/m1/s1. The number of hydrogen-bond donors (Lipinski definition) is 1. The summed E-state index contributed by atoms with van der Waals surface area (Å²) in [4.78, 5) is 0. The van der Waals surface area contributed by atoms with Gasteiger partial charge in [-0.2, -0.15) is 0 Å². The van der Waals surface area contributed by atoms with Crippen LogP contribution in [0.5, 0.6) is 0 Å². The van der Waals surface area contributed by atoms with E-state index in [-0.39, 0.29) is 6.10 Å². The normalized spacial score (nSPS) is 26.9. The summed E-state index contributed by atoms with van der Waals surface area (Å²) in [6.45, 7) is 0. The summed E-state index contributed by atoms with van der Waals surface area (Å²) in [5, 5.41) is 9.90. The molecule has 0 aromatic heterocycles. The first-order valence-corrected chi connectivity index (χ1v) is 4.61. The summed E-state index contributed by atoms with van der Waals surface area (Å²) >= 11 is 0. The van der Waals surface area contributed by atoms with Gasteiger partial charge in [0.25, 0.3) is 0 Å². The number of aliphatic hydroxyl groups excluding tert-OH is 1. The van der Waals surface area contributed by atoms with Crippen molar-refractivity contribution in [2.24, 2.45) is 0 Å². The van der Waals surface area contributed by atoms with Crippen molar-refractivity contribution in [2.75, 3.05) is 7.11 Å². The molecule has 2 nitrogen and oxygen atoms in total. The van der Waals surface area contributed by atoms with Crippen LogP contribution in [-0.4, -0.2) is 18.3 Å². The highest BCUT2D eigenvalue weighted by Gasteiger charge is 2.26. The highest BCUT2D eigenvalue weighted by atomic mass is 16.5. The Bertz CT molecular complexity index is 296. The first kappa shape index (κ1) is 8.73. The van der Waals surface area contributed by atoms with E-state index in [0.717, 1.165) is 18.4 Å². The van der Waals surface area contributed by atoms with Gasteiger partial charge in [0.2, 0.25) is 0 Å². The highest BCUT2D eigenvalue weighted by molar-refractivity contribution is 5.32. The number of rotatable bonds is 1. The van der Waals surface area contributed by atoms with Crippen molar-refractivity contribution < 1.29 is 9.84 Å². The molecule has 0 spiro atoms. The maximum Gasteiger partial charge on any atom is 0.105 e. The van der Waals surface area contributed by atoms with Crippen LogP contribution in [0, 0.1) is 0 Å². The number of aliphatic hydroxyl groups is 1. The Morgan fingerprint density at radius 3 is 2.92 bits per heavy atom. The van der Waals surface area contributed by atoms with Gasteiger partial charge in [0.15, 0.2) is 0 Å². The molecule has 0 radical (unpaired) electrons. The molecule has 0 fully saturated rings. The summed E-state index contributed by atoms with van der Waals surface area (Å²) in [6, 6.07) is 8.02. The Kier molecular flexibility index (Phi) is 2.34. The van der Waals surface area contributed by atoms with Crippen molar-refractivity contribution in [1.82, 2.24) is 0 Å². The fourth-order valence-corrected chi connectivity index (χ4v) is 1.95. The number of ether oxygens (including phenoxy) is 1. The lowest BCUT2D eigenvalue weighted by Gasteiger charge is -2.28. The van der Waals surface area contributed by atoms with Crippen molar-refractivity contribution >= 4 is 0 Å². The zero-order chi connectivity index (χ0) is 9.26. The molecule has 0 aliphatic heterocycles. The molecule has 1 aromatic rings. The van der Waals surface area contributed by atoms with Gasteiger partial charge < -0.3 is 9.84 Å². The van der Waals surface area contributed by atoms with Crippen LogP contribution < -0.4 is 0 Å². The molecule has 1 aliphatic rings. The van der Waals surface area contributed by atoms with Crippen LogP contribution in [0.15, 0.2) is 24.3 Å². The SMILES string of the molecule is CO[C@@H]1CCc2ccccc2[C@H]1O. The summed E-state index contributed by atoms with van der Waals surface area (Å²) in [7, 11) is 1.65. The maximum atomic E-state index is 9.90. The number of fused-ring (bicyclic) bond motifs is 1. The van der Waals surface area contributed by atoms with E-state index < -0.39 is 6.10 Å². The van der Waals surface area contributed by atoms with Gasteiger partial charge in [0, 0.05) is 7.11 Å². The third-order valence-corrected chi connectivity index (χ3v) is 2.73.